The molecule has 1 aliphatic carbocycles. The van der Waals surface area contributed by atoms with Crippen LogP contribution in [0.3, 0.4) is 0 Å². The van der Waals surface area contributed by atoms with Crippen LogP contribution in [0.4, 0.5) is 18.9 Å². The zero-order valence-electron chi connectivity index (χ0n) is 19.1. The van der Waals surface area contributed by atoms with Gasteiger partial charge in [-0.1, -0.05) is 18.2 Å². The van der Waals surface area contributed by atoms with Gasteiger partial charge >= 0.3 is 12.1 Å². The van der Waals surface area contributed by atoms with Crippen molar-refractivity contribution in [1.82, 2.24) is 10.2 Å². The summed E-state index contributed by atoms with van der Waals surface area (Å²) in [5.74, 6) is -2.70. The van der Waals surface area contributed by atoms with Crippen LogP contribution in [0.25, 0.3) is 0 Å². The second kappa shape index (κ2) is 11.6. The first-order valence-electron chi connectivity index (χ1n) is 11.0. The van der Waals surface area contributed by atoms with Crippen molar-refractivity contribution in [2.75, 3.05) is 44.1 Å². The predicted octanol–water partition coefficient (Wildman–Crippen LogP) is 2.66. The number of hydrogen-bond donors (Lipinski definition) is 3. The number of aliphatic carboxylic acids is 1. The lowest BCUT2D eigenvalue weighted by Gasteiger charge is -2.27. The van der Waals surface area contributed by atoms with E-state index in [-0.39, 0.29) is 10.1 Å². The van der Waals surface area contributed by atoms with Gasteiger partial charge in [0.25, 0.3) is 10.0 Å². The second-order valence-electron chi connectivity index (χ2n) is 8.21. The van der Waals surface area contributed by atoms with Gasteiger partial charge in [0, 0.05) is 31.9 Å². The standard InChI is InChI=1S/C20H25N3O4S2.C2HF3O2/c24-19(21-9-10-23-11-13-27-14-12-23)20(7-8-20)16-3-5-17(6-4-16)22-29(25,26)18-2-1-15-28-18;3-2(4,5)1(6)7/h1-6,15,22H,7-14H2,(H,21,24);(H,6,7). The lowest BCUT2D eigenvalue weighted by Crippen LogP contribution is -2.43. The molecule has 0 unspecified atom stereocenters. The van der Waals surface area contributed by atoms with E-state index in [1.54, 1.807) is 29.6 Å². The Morgan fingerprint density at radius 1 is 1.11 bits per heavy atom. The SMILES string of the molecule is O=C(NCCN1CCOCC1)C1(c2ccc(NS(=O)(=O)c3cccs3)cc2)CC1.O=C(O)C(F)(F)F. The van der Waals surface area contributed by atoms with Gasteiger partial charge in [-0.2, -0.15) is 13.2 Å². The van der Waals surface area contributed by atoms with Crippen molar-refractivity contribution in [1.29, 1.82) is 0 Å². The predicted molar refractivity (Wildman–Crippen MR) is 126 cm³/mol. The number of hydrogen-bond acceptors (Lipinski definition) is 7. The molecule has 1 saturated heterocycles. The van der Waals surface area contributed by atoms with Gasteiger partial charge in [0.05, 0.1) is 18.6 Å². The molecule has 0 bridgehead atoms. The van der Waals surface area contributed by atoms with Gasteiger partial charge in [-0.15, -0.1) is 11.3 Å². The molecule has 1 aromatic carbocycles. The van der Waals surface area contributed by atoms with E-state index in [2.05, 4.69) is 14.9 Å². The van der Waals surface area contributed by atoms with Gasteiger partial charge < -0.3 is 15.2 Å². The molecule has 2 fully saturated rings. The minimum absolute atomic E-state index is 0.0534. The molecule has 0 radical (unpaired) electrons. The molecular formula is C22H26F3N3O6S2. The van der Waals surface area contributed by atoms with Gasteiger partial charge in [0.15, 0.2) is 0 Å². The van der Waals surface area contributed by atoms with Gasteiger partial charge in [0.1, 0.15) is 4.21 Å². The summed E-state index contributed by atoms with van der Waals surface area (Å²) in [5.41, 5.74) is 0.946. The molecule has 2 aliphatic rings. The quantitative estimate of drug-likeness (QED) is 0.462. The highest BCUT2D eigenvalue weighted by Crippen LogP contribution is 2.48. The normalized spacial score (nSPS) is 17.4. The third-order valence-corrected chi connectivity index (χ3v) is 8.47. The van der Waals surface area contributed by atoms with Crippen LogP contribution in [-0.4, -0.2) is 75.9 Å². The molecule has 0 atom stereocenters. The van der Waals surface area contributed by atoms with Crippen LogP contribution in [0, 0.1) is 0 Å². The van der Waals surface area contributed by atoms with Crippen molar-refractivity contribution in [2.24, 2.45) is 0 Å². The Kier molecular flexibility index (Phi) is 8.98. The molecule has 9 nitrogen and oxygen atoms in total. The number of halogens is 3. The fourth-order valence-electron chi connectivity index (χ4n) is 3.57. The first-order valence-corrected chi connectivity index (χ1v) is 13.4. The number of sulfonamides is 1. The topological polar surface area (TPSA) is 125 Å². The Morgan fingerprint density at radius 2 is 1.72 bits per heavy atom. The highest BCUT2D eigenvalue weighted by atomic mass is 32.2. The number of carbonyl (C=O) groups excluding carboxylic acids is 1. The molecule has 1 aromatic heterocycles. The summed E-state index contributed by atoms with van der Waals surface area (Å²) < 4.78 is 64.6. The van der Waals surface area contributed by atoms with Crippen LogP contribution < -0.4 is 10.0 Å². The van der Waals surface area contributed by atoms with E-state index in [1.165, 1.54) is 11.3 Å². The monoisotopic (exact) mass is 549 g/mol. The number of nitrogens with zero attached hydrogens (tertiary/aromatic N) is 1. The summed E-state index contributed by atoms with van der Waals surface area (Å²) in [5, 5.41) is 11.9. The molecule has 1 amide bonds. The smallest absolute Gasteiger partial charge is 0.475 e. The number of anilines is 1. The van der Waals surface area contributed by atoms with E-state index in [0.29, 0.717) is 12.2 Å². The van der Waals surface area contributed by atoms with Crippen LogP contribution >= 0.6 is 11.3 Å². The van der Waals surface area contributed by atoms with Crippen LogP contribution in [0.5, 0.6) is 0 Å². The molecule has 2 aromatic rings. The molecule has 14 heteroatoms. The maximum Gasteiger partial charge on any atom is 0.490 e. The summed E-state index contributed by atoms with van der Waals surface area (Å²) in [6.07, 6.45) is -3.45. The average molecular weight is 550 g/mol. The lowest BCUT2D eigenvalue weighted by molar-refractivity contribution is -0.192. The maximum atomic E-state index is 12.8. The lowest BCUT2D eigenvalue weighted by atomic mass is 9.95. The zero-order valence-corrected chi connectivity index (χ0v) is 20.7. The Labute approximate surface area is 210 Å². The molecule has 1 saturated carbocycles. The molecule has 4 rings (SSSR count). The molecule has 0 spiro atoms. The Bertz CT molecular complexity index is 1130. The number of carboxylic acids is 1. The molecule has 1 aliphatic heterocycles. The van der Waals surface area contributed by atoms with Gasteiger partial charge in [-0.25, -0.2) is 13.2 Å². The summed E-state index contributed by atoms with van der Waals surface area (Å²) in [4.78, 5) is 24.0. The van der Waals surface area contributed by atoms with Crippen LogP contribution in [0.2, 0.25) is 0 Å². The van der Waals surface area contributed by atoms with Crippen molar-refractivity contribution >= 4 is 38.9 Å². The number of nitrogens with one attached hydrogen (secondary N) is 2. The molecule has 3 N–H and O–H groups in total. The maximum absolute atomic E-state index is 12.8. The summed E-state index contributed by atoms with van der Waals surface area (Å²) >= 11 is 1.17. The fraction of sp³-hybridized carbons (Fsp3) is 0.455. The third-order valence-electron chi connectivity index (χ3n) is 5.69. The van der Waals surface area contributed by atoms with E-state index in [1.807, 2.05) is 12.1 Å². The number of morpholine rings is 1. The van der Waals surface area contributed by atoms with E-state index >= 15 is 0 Å². The molecule has 36 heavy (non-hydrogen) atoms. The summed E-state index contributed by atoms with van der Waals surface area (Å²) in [6, 6.07) is 10.4. The van der Waals surface area contributed by atoms with Gasteiger partial charge in [0.2, 0.25) is 5.91 Å². The first kappa shape index (κ1) is 27.9. The Balaban J connectivity index is 0.000000454. The number of carboxylic acid groups (broad SMARTS) is 1. The van der Waals surface area contributed by atoms with E-state index in [0.717, 1.165) is 51.3 Å². The van der Waals surface area contributed by atoms with Crippen molar-refractivity contribution in [3.05, 3.63) is 47.3 Å². The van der Waals surface area contributed by atoms with Crippen molar-refractivity contribution in [2.45, 2.75) is 28.6 Å². The van der Waals surface area contributed by atoms with Crippen molar-refractivity contribution < 1.29 is 41.0 Å². The van der Waals surface area contributed by atoms with Crippen LogP contribution in [0.15, 0.2) is 46.0 Å². The number of amides is 1. The van der Waals surface area contributed by atoms with Crippen LogP contribution in [-0.2, 0) is 29.8 Å². The first-order chi connectivity index (χ1) is 16.9. The Hall–Kier alpha value is -2.68. The number of carbonyl (C=O) groups is 2. The second-order valence-corrected chi connectivity index (χ2v) is 11.1. The minimum Gasteiger partial charge on any atom is -0.475 e. The van der Waals surface area contributed by atoms with Crippen molar-refractivity contribution in [3.63, 3.8) is 0 Å². The highest BCUT2D eigenvalue weighted by molar-refractivity contribution is 7.94. The third kappa shape index (κ3) is 7.41. The number of rotatable bonds is 8. The number of ether oxygens (including phenoxy) is 1. The van der Waals surface area contributed by atoms with Crippen LogP contribution in [0.1, 0.15) is 18.4 Å². The van der Waals surface area contributed by atoms with Gasteiger partial charge in [-0.3, -0.25) is 14.4 Å². The highest BCUT2D eigenvalue weighted by Gasteiger charge is 2.51. The van der Waals surface area contributed by atoms with Crippen molar-refractivity contribution in [3.8, 4) is 0 Å². The van der Waals surface area contributed by atoms with E-state index in [4.69, 9.17) is 14.6 Å². The molecular weight excluding hydrogens is 523 g/mol. The average Bonchev–Trinajstić information content (AvgIpc) is 3.44. The number of alkyl halides is 3. The Morgan fingerprint density at radius 3 is 2.22 bits per heavy atom. The molecule has 198 valence electrons. The number of thiophene rings is 1. The number of benzene rings is 1. The van der Waals surface area contributed by atoms with Gasteiger partial charge in [-0.05, 0) is 42.0 Å². The molecule has 2 heterocycles. The largest absolute Gasteiger partial charge is 0.490 e. The zero-order chi connectivity index (χ0) is 26.4. The minimum atomic E-state index is -5.08. The summed E-state index contributed by atoms with van der Waals surface area (Å²) in [6.45, 7) is 4.77. The van der Waals surface area contributed by atoms with E-state index in [9.17, 15) is 26.4 Å². The summed E-state index contributed by atoms with van der Waals surface area (Å²) in [7, 11) is -3.57. The van der Waals surface area contributed by atoms with E-state index < -0.39 is 27.6 Å². The fourth-order valence-corrected chi connectivity index (χ4v) is 5.62.